The van der Waals surface area contributed by atoms with E-state index in [0.29, 0.717) is 11.3 Å². The molecule has 0 aromatic rings. The van der Waals surface area contributed by atoms with Crippen molar-refractivity contribution >= 4 is 5.97 Å². The van der Waals surface area contributed by atoms with Gasteiger partial charge in [0, 0.05) is 6.08 Å². The summed E-state index contributed by atoms with van der Waals surface area (Å²) in [5.74, 6) is -0.283. The average molecular weight is 264 g/mol. The highest BCUT2D eigenvalue weighted by Crippen LogP contribution is 2.48. The second-order valence-corrected chi connectivity index (χ2v) is 6.34. The Morgan fingerprint density at radius 3 is 2.84 bits per heavy atom. The first-order valence-electron chi connectivity index (χ1n) is 7.47. The van der Waals surface area contributed by atoms with E-state index >= 15 is 0 Å². The van der Waals surface area contributed by atoms with Crippen LogP contribution in [0.2, 0.25) is 0 Å². The molecule has 0 aromatic heterocycles. The third-order valence-corrected chi connectivity index (χ3v) is 4.60. The highest BCUT2D eigenvalue weighted by Gasteiger charge is 2.37. The van der Waals surface area contributed by atoms with E-state index in [9.17, 15) is 4.79 Å². The molecule has 0 amide bonds. The van der Waals surface area contributed by atoms with E-state index in [1.165, 1.54) is 37.3 Å². The summed E-state index contributed by atoms with van der Waals surface area (Å²) < 4.78 is 0. The van der Waals surface area contributed by atoms with E-state index in [4.69, 9.17) is 5.11 Å². The van der Waals surface area contributed by atoms with Crippen LogP contribution in [0.4, 0.5) is 0 Å². The minimum atomic E-state index is -0.837. The van der Waals surface area contributed by atoms with Crippen molar-refractivity contribution in [2.45, 2.75) is 65.7 Å². The van der Waals surface area contributed by atoms with Gasteiger partial charge in [0.05, 0.1) is 0 Å². The molecular weight excluding hydrogens is 236 g/mol. The van der Waals surface area contributed by atoms with Crippen LogP contribution in [-0.2, 0) is 4.79 Å². The van der Waals surface area contributed by atoms with Gasteiger partial charge in [-0.1, -0.05) is 38.0 Å². The molecule has 2 nitrogen and oxygen atoms in total. The Balaban J connectivity index is 2.70. The predicted molar refractivity (Wildman–Crippen MR) is 80.1 cm³/mol. The summed E-state index contributed by atoms with van der Waals surface area (Å²) in [6, 6.07) is 0. The Hall–Kier alpha value is -1.05. The number of hydrogen-bond acceptors (Lipinski definition) is 1. The molecule has 19 heavy (non-hydrogen) atoms. The molecule has 0 heterocycles. The molecule has 2 atom stereocenters. The summed E-state index contributed by atoms with van der Waals surface area (Å²) in [5, 5.41) is 8.77. The molecule has 0 unspecified atom stereocenters. The molecule has 2 heteroatoms. The van der Waals surface area contributed by atoms with Crippen molar-refractivity contribution in [3.8, 4) is 0 Å². The van der Waals surface area contributed by atoms with E-state index in [1.807, 2.05) is 6.92 Å². The molecule has 0 saturated heterocycles. The lowest BCUT2D eigenvalue weighted by Crippen LogP contribution is -2.32. The number of allylic oxidation sites excluding steroid dienone is 2. The largest absolute Gasteiger partial charge is 0.478 e. The Bertz CT molecular complexity index is 363. The number of carboxylic acids is 1. The molecule has 1 fully saturated rings. The zero-order chi connectivity index (χ0) is 14.5. The Labute approximate surface area is 117 Å². The maximum atomic E-state index is 10.7. The lowest BCUT2D eigenvalue weighted by atomic mass is 9.62. The van der Waals surface area contributed by atoms with E-state index in [1.54, 1.807) is 0 Å². The van der Waals surface area contributed by atoms with Crippen molar-refractivity contribution in [3.05, 3.63) is 23.8 Å². The number of carbonyl (C=O) groups is 1. The molecule has 0 aromatic carbocycles. The predicted octanol–water partition coefficient (Wildman–Crippen LogP) is 4.96. The van der Waals surface area contributed by atoms with Gasteiger partial charge in [-0.2, -0.15) is 0 Å². The van der Waals surface area contributed by atoms with Crippen LogP contribution in [-0.4, -0.2) is 11.1 Å². The highest BCUT2D eigenvalue weighted by molar-refractivity contribution is 5.80. The third kappa shape index (κ3) is 4.52. The fourth-order valence-electron chi connectivity index (χ4n) is 3.64. The summed E-state index contributed by atoms with van der Waals surface area (Å²) in [6.45, 7) is 10.8. The zero-order valence-corrected chi connectivity index (χ0v) is 12.7. The molecule has 0 bridgehead atoms. The maximum Gasteiger partial charge on any atom is 0.328 e. The first kappa shape index (κ1) is 16.0. The van der Waals surface area contributed by atoms with Crippen molar-refractivity contribution in [1.82, 2.24) is 0 Å². The molecule has 0 spiro atoms. The van der Waals surface area contributed by atoms with Crippen LogP contribution >= 0.6 is 0 Å². The van der Waals surface area contributed by atoms with Crippen LogP contribution in [0.1, 0.15) is 65.7 Å². The van der Waals surface area contributed by atoms with Crippen molar-refractivity contribution in [1.29, 1.82) is 0 Å². The maximum absolute atomic E-state index is 10.7. The lowest BCUT2D eigenvalue weighted by molar-refractivity contribution is -0.131. The normalized spacial score (nSPS) is 28.5. The summed E-state index contributed by atoms with van der Waals surface area (Å²) in [6.07, 6.45) is 9.40. The third-order valence-electron chi connectivity index (χ3n) is 4.60. The smallest absolute Gasteiger partial charge is 0.328 e. The van der Waals surface area contributed by atoms with E-state index < -0.39 is 5.97 Å². The Morgan fingerprint density at radius 2 is 2.26 bits per heavy atom. The van der Waals surface area contributed by atoms with E-state index in [2.05, 4.69) is 20.4 Å². The van der Waals surface area contributed by atoms with Crippen LogP contribution in [0.5, 0.6) is 0 Å². The molecule has 0 aliphatic heterocycles. The topological polar surface area (TPSA) is 37.3 Å². The fraction of sp³-hybridized carbons (Fsp3) is 0.706. The van der Waals surface area contributed by atoms with Crippen molar-refractivity contribution in [2.75, 3.05) is 0 Å². The van der Waals surface area contributed by atoms with E-state index in [0.717, 1.165) is 24.8 Å². The van der Waals surface area contributed by atoms with E-state index in [-0.39, 0.29) is 0 Å². The van der Waals surface area contributed by atoms with Crippen LogP contribution in [0.25, 0.3) is 0 Å². The lowest BCUT2D eigenvalue weighted by Gasteiger charge is -2.43. The molecule has 1 N–H and O–H groups in total. The van der Waals surface area contributed by atoms with Gasteiger partial charge in [-0.25, -0.2) is 4.79 Å². The minimum absolute atomic E-state index is 0.369. The van der Waals surface area contributed by atoms with Gasteiger partial charge < -0.3 is 5.11 Å². The summed E-state index contributed by atoms with van der Waals surface area (Å²) in [7, 11) is 0. The van der Waals surface area contributed by atoms with Gasteiger partial charge in [-0.15, -0.1) is 0 Å². The van der Waals surface area contributed by atoms with Gasteiger partial charge in [0.15, 0.2) is 0 Å². The molecular formula is C17H28O2. The zero-order valence-electron chi connectivity index (χ0n) is 12.7. The second-order valence-electron chi connectivity index (χ2n) is 6.34. The quantitative estimate of drug-likeness (QED) is 0.544. The number of carboxylic acid groups (broad SMARTS) is 1. The monoisotopic (exact) mass is 264 g/mol. The van der Waals surface area contributed by atoms with Gasteiger partial charge >= 0.3 is 5.97 Å². The van der Waals surface area contributed by atoms with Crippen molar-refractivity contribution < 1.29 is 9.90 Å². The molecule has 1 saturated carbocycles. The van der Waals surface area contributed by atoms with Crippen LogP contribution in [0, 0.1) is 11.3 Å². The summed E-state index contributed by atoms with van der Waals surface area (Å²) in [4.78, 5) is 10.7. The molecule has 1 rings (SSSR count). The fourth-order valence-corrected chi connectivity index (χ4v) is 3.64. The molecule has 108 valence electrons. The summed E-state index contributed by atoms with van der Waals surface area (Å²) in [5.41, 5.74) is 2.71. The van der Waals surface area contributed by atoms with Gasteiger partial charge in [-0.05, 0) is 56.8 Å². The van der Waals surface area contributed by atoms with Crippen molar-refractivity contribution in [3.63, 3.8) is 0 Å². The van der Waals surface area contributed by atoms with Gasteiger partial charge in [-0.3, -0.25) is 0 Å². The molecule has 1 aliphatic carbocycles. The Morgan fingerprint density at radius 1 is 1.58 bits per heavy atom. The van der Waals surface area contributed by atoms with Crippen LogP contribution in [0.15, 0.2) is 23.8 Å². The van der Waals surface area contributed by atoms with Gasteiger partial charge in [0.2, 0.25) is 0 Å². The first-order chi connectivity index (χ1) is 8.89. The average Bonchev–Trinajstić information content (AvgIpc) is 2.27. The van der Waals surface area contributed by atoms with Gasteiger partial charge in [0.1, 0.15) is 0 Å². The standard InChI is InChI=1S/C17H28O2/c1-5-10-17(4)11-6-7-14(3)15(17)9-8-13(2)12-16(18)19/h12,15H,3,5-11H2,1-2,4H3,(H,18,19)/b13-12+/t15-,17+/m1/s1. The van der Waals surface area contributed by atoms with Gasteiger partial charge in [0.25, 0.3) is 0 Å². The first-order valence-corrected chi connectivity index (χ1v) is 7.47. The molecule has 1 aliphatic rings. The number of rotatable bonds is 6. The minimum Gasteiger partial charge on any atom is -0.478 e. The molecule has 0 radical (unpaired) electrons. The van der Waals surface area contributed by atoms with Crippen LogP contribution < -0.4 is 0 Å². The highest BCUT2D eigenvalue weighted by atomic mass is 16.4. The second kappa shape index (κ2) is 6.93. The summed E-state index contributed by atoms with van der Waals surface area (Å²) >= 11 is 0. The van der Waals surface area contributed by atoms with Crippen molar-refractivity contribution in [2.24, 2.45) is 11.3 Å². The Kier molecular flexibility index (Phi) is 5.84. The SMILES string of the molecule is C=C1CCC[C@](C)(CCC)[C@@H]1CC/C(C)=C/C(=O)O. The number of hydrogen-bond donors (Lipinski definition) is 1. The number of aliphatic carboxylic acids is 1. The van der Waals surface area contributed by atoms with Crippen LogP contribution in [0.3, 0.4) is 0 Å².